The number of nitrogens with one attached hydrogen (secondary N) is 2. The summed E-state index contributed by atoms with van der Waals surface area (Å²) in [5.41, 5.74) is 0.685. The molecular formula is C19H18N4O4S. The van der Waals surface area contributed by atoms with Crippen molar-refractivity contribution in [2.45, 2.75) is 25.6 Å². The number of amides is 1. The quantitative estimate of drug-likeness (QED) is 0.661. The number of nitrogens with zero attached hydrogens (tertiary/aromatic N) is 2. The predicted molar refractivity (Wildman–Crippen MR) is 104 cm³/mol. The molecule has 8 nitrogen and oxygen atoms in total. The van der Waals surface area contributed by atoms with Gasteiger partial charge in [-0.15, -0.1) is 10.2 Å². The summed E-state index contributed by atoms with van der Waals surface area (Å²) in [6, 6.07) is 10.7. The molecule has 28 heavy (non-hydrogen) atoms. The molecule has 0 aliphatic carbocycles. The Kier molecular flexibility index (Phi) is 5.45. The first kappa shape index (κ1) is 18.3. The number of benzene rings is 1. The SMILES string of the molecule is O=C(Nc1nnc([C@@H]2CCCO2)s1)c1cc(=O)c(OCc2ccccc2)c[nH]1. The van der Waals surface area contributed by atoms with Gasteiger partial charge in [0.25, 0.3) is 5.91 Å². The number of rotatable bonds is 6. The number of hydrogen-bond donors (Lipinski definition) is 2. The Morgan fingerprint density at radius 1 is 1.32 bits per heavy atom. The lowest BCUT2D eigenvalue weighted by Gasteiger charge is -2.07. The molecule has 144 valence electrons. The van der Waals surface area contributed by atoms with Crippen molar-refractivity contribution < 1.29 is 14.3 Å². The maximum absolute atomic E-state index is 12.4. The molecule has 1 saturated heterocycles. The van der Waals surface area contributed by atoms with Gasteiger partial charge in [-0.05, 0) is 18.4 Å². The molecule has 0 spiro atoms. The highest BCUT2D eigenvalue weighted by Gasteiger charge is 2.22. The third kappa shape index (κ3) is 4.26. The number of H-pyrrole nitrogens is 1. The monoisotopic (exact) mass is 398 g/mol. The summed E-state index contributed by atoms with van der Waals surface area (Å²) in [5.74, 6) is -0.321. The molecule has 0 unspecified atom stereocenters. The van der Waals surface area contributed by atoms with Crippen molar-refractivity contribution in [3.05, 3.63) is 69.1 Å². The highest BCUT2D eigenvalue weighted by atomic mass is 32.1. The number of anilines is 1. The summed E-state index contributed by atoms with van der Waals surface area (Å²) in [5, 5.41) is 11.8. The molecule has 2 N–H and O–H groups in total. The van der Waals surface area contributed by atoms with E-state index in [4.69, 9.17) is 9.47 Å². The van der Waals surface area contributed by atoms with E-state index in [-0.39, 0.29) is 29.6 Å². The largest absolute Gasteiger partial charge is 0.483 e. The fraction of sp³-hybridized carbons (Fsp3) is 0.263. The molecule has 0 radical (unpaired) electrons. The van der Waals surface area contributed by atoms with Crippen LogP contribution in [-0.4, -0.2) is 27.7 Å². The van der Waals surface area contributed by atoms with Gasteiger partial charge < -0.3 is 14.5 Å². The minimum Gasteiger partial charge on any atom is -0.483 e. The number of aromatic nitrogens is 3. The minimum absolute atomic E-state index is 0.0518. The fourth-order valence-electron chi connectivity index (χ4n) is 2.79. The Morgan fingerprint density at radius 3 is 2.93 bits per heavy atom. The molecule has 0 saturated carbocycles. The van der Waals surface area contributed by atoms with Crippen LogP contribution in [0.4, 0.5) is 5.13 Å². The maximum Gasteiger partial charge on any atom is 0.274 e. The zero-order chi connectivity index (χ0) is 19.3. The summed E-state index contributed by atoms with van der Waals surface area (Å²) in [6.45, 7) is 0.984. The summed E-state index contributed by atoms with van der Waals surface area (Å²) >= 11 is 1.27. The number of hydrogen-bond acceptors (Lipinski definition) is 7. The molecule has 1 aliphatic rings. The van der Waals surface area contributed by atoms with Crippen LogP contribution in [0.5, 0.6) is 5.75 Å². The van der Waals surface area contributed by atoms with Crippen LogP contribution in [0.2, 0.25) is 0 Å². The number of aromatic amines is 1. The lowest BCUT2D eigenvalue weighted by Crippen LogP contribution is -2.17. The van der Waals surface area contributed by atoms with Crippen molar-refractivity contribution in [3.63, 3.8) is 0 Å². The lowest BCUT2D eigenvalue weighted by atomic mass is 10.2. The van der Waals surface area contributed by atoms with Gasteiger partial charge in [0, 0.05) is 18.9 Å². The second-order valence-corrected chi connectivity index (χ2v) is 7.26. The zero-order valence-corrected chi connectivity index (χ0v) is 15.7. The molecule has 1 atom stereocenters. The molecule has 3 aromatic rings. The van der Waals surface area contributed by atoms with Crippen LogP contribution < -0.4 is 15.5 Å². The number of pyridine rings is 1. The molecule has 1 aromatic carbocycles. The van der Waals surface area contributed by atoms with E-state index in [1.165, 1.54) is 23.6 Å². The molecular weight excluding hydrogens is 380 g/mol. The summed E-state index contributed by atoms with van der Waals surface area (Å²) < 4.78 is 11.1. The first-order valence-corrected chi connectivity index (χ1v) is 9.66. The van der Waals surface area contributed by atoms with Crippen LogP contribution in [0.25, 0.3) is 0 Å². The van der Waals surface area contributed by atoms with Crippen LogP contribution in [0, 0.1) is 0 Å². The average molecular weight is 398 g/mol. The fourth-order valence-corrected chi connectivity index (χ4v) is 3.61. The van der Waals surface area contributed by atoms with Crippen molar-refractivity contribution in [1.82, 2.24) is 15.2 Å². The maximum atomic E-state index is 12.4. The highest BCUT2D eigenvalue weighted by molar-refractivity contribution is 7.15. The van der Waals surface area contributed by atoms with Crippen molar-refractivity contribution in [1.29, 1.82) is 0 Å². The van der Waals surface area contributed by atoms with Gasteiger partial charge in [0.05, 0.1) is 0 Å². The lowest BCUT2D eigenvalue weighted by molar-refractivity contribution is 0.102. The van der Waals surface area contributed by atoms with Crippen LogP contribution in [0.15, 0.2) is 47.4 Å². The molecule has 4 rings (SSSR count). The first-order chi connectivity index (χ1) is 13.7. The molecule has 1 amide bonds. The van der Waals surface area contributed by atoms with Crippen molar-refractivity contribution in [2.75, 3.05) is 11.9 Å². The van der Waals surface area contributed by atoms with Gasteiger partial charge in [-0.1, -0.05) is 41.7 Å². The summed E-state index contributed by atoms with van der Waals surface area (Å²) in [6.07, 6.45) is 3.23. The molecule has 1 aliphatic heterocycles. The van der Waals surface area contributed by atoms with E-state index in [0.717, 1.165) is 23.4 Å². The van der Waals surface area contributed by atoms with Crippen molar-refractivity contribution in [3.8, 4) is 5.75 Å². The molecule has 3 heterocycles. The van der Waals surface area contributed by atoms with Crippen LogP contribution in [0.3, 0.4) is 0 Å². The topological polar surface area (TPSA) is 106 Å². The van der Waals surface area contributed by atoms with Crippen LogP contribution in [0.1, 0.15) is 40.0 Å². The standard InChI is InChI=1S/C19H18N4O4S/c24-14-9-13(20-10-16(14)27-11-12-5-2-1-3-6-12)17(25)21-19-23-22-18(28-19)15-7-4-8-26-15/h1-3,5-6,9-10,15H,4,7-8,11H2,(H,20,24)(H,21,23,25)/t15-/m0/s1. The van der Waals surface area contributed by atoms with E-state index in [1.54, 1.807) is 0 Å². The average Bonchev–Trinajstić information content (AvgIpc) is 3.39. The Morgan fingerprint density at radius 2 is 2.18 bits per heavy atom. The van der Waals surface area contributed by atoms with Crippen LogP contribution in [-0.2, 0) is 11.3 Å². The van der Waals surface area contributed by atoms with Crippen LogP contribution >= 0.6 is 11.3 Å². The molecule has 1 fully saturated rings. The van der Waals surface area contributed by atoms with E-state index < -0.39 is 5.91 Å². The van der Waals surface area contributed by atoms with Gasteiger partial charge in [0.1, 0.15) is 23.4 Å². The van der Waals surface area contributed by atoms with Gasteiger partial charge in [-0.2, -0.15) is 0 Å². The van der Waals surface area contributed by atoms with Gasteiger partial charge >= 0.3 is 0 Å². The Hall–Kier alpha value is -3.04. The van der Waals surface area contributed by atoms with E-state index in [9.17, 15) is 9.59 Å². The number of carbonyl (C=O) groups is 1. The van der Waals surface area contributed by atoms with Gasteiger partial charge in [-0.25, -0.2) is 0 Å². The van der Waals surface area contributed by atoms with Gasteiger partial charge in [-0.3, -0.25) is 14.9 Å². The number of carbonyl (C=O) groups excluding carboxylic acids is 1. The van der Waals surface area contributed by atoms with Crippen molar-refractivity contribution in [2.24, 2.45) is 0 Å². The molecule has 2 aromatic heterocycles. The normalized spacial score (nSPS) is 16.1. The zero-order valence-electron chi connectivity index (χ0n) is 14.9. The van der Waals surface area contributed by atoms with Gasteiger partial charge in [0.2, 0.25) is 10.6 Å². The highest BCUT2D eigenvalue weighted by Crippen LogP contribution is 2.31. The smallest absolute Gasteiger partial charge is 0.274 e. The first-order valence-electron chi connectivity index (χ1n) is 8.85. The Labute approximate surface area is 164 Å². The van der Waals surface area contributed by atoms with E-state index in [2.05, 4.69) is 20.5 Å². The summed E-state index contributed by atoms with van der Waals surface area (Å²) in [7, 11) is 0. The predicted octanol–water partition coefficient (Wildman–Crippen LogP) is 2.91. The van der Waals surface area contributed by atoms with Gasteiger partial charge in [0.15, 0.2) is 5.75 Å². The third-order valence-electron chi connectivity index (χ3n) is 4.23. The number of ether oxygens (including phenoxy) is 2. The van der Waals surface area contributed by atoms with E-state index in [0.29, 0.717) is 11.7 Å². The Balaban J connectivity index is 1.39. The molecule has 9 heteroatoms. The summed E-state index contributed by atoms with van der Waals surface area (Å²) in [4.78, 5) is 27.4. The minimum atomic E-state index is -0.471. The van der Waals surface area contributed by atoms with Crippen molar-refractivity contribution >= 4 is 22.4 Å². The second-order valence-electron chi connectivity index (χ2n) is 6.25. The van der Waals surface area contributed by atoms with E-state index >= 15 is 0 Å². The van der Waals surface area contributed by atoms with E-state index in [1.807, 2.05) is 30.3 Å². The molecule has 0 bridgehead atoms. The Bertz CT molecular complexity index is 1010. The second kappa shape index (κ2) is 8.32. The third-order valence-corrected chi connectivity index (χ3v) is 5.16.